The summed E-state index contributed by atoms with van der Waals surface area (Å²) in [6, 6.07) is 10.0. The van der Waals surface area contributed by atoms with Crippen LogP contribution in [0.2, 0.25) is 0 Å². The van der Waals surface area contributed by atoms with E-state index in [4.69, 9.17) is 4.74 Å². The lowest BCUT2D eigenvalue weighted by molar-refractivity contribution is -0.123. The van der Waals surface area contributed by atoms with Crippen LogP contribution in [-0.2, 0) is 30.9 Å². The third kappa shape index (κ3) is 7.32. The van der Waals surface area contributed by atoms with E-state index < -0.39 is 10.0 Å². The van der Waals surface area contributed by atoms with Gasteiger partial charge in [0.25, 0.3) is 0 Å². The number of nitrogens with one attached hydrogen (secondary N) is 2. The molecule has 2 N–H and O–H groups in total. The second-order valence-corrected chi connectivity index (χ2v) is 9.82. The Hall–Kier alpha value is -2.86. The van der Waals surface area contributed by atoms with Gasteiger partial charge in [-0.05, 0) is 43.3 Å². The smallest absolute Gasteiger partial charge is 0.243 e. The summed E-state index contributed by atoms with van der Waals surface area (Å²) in [6.45, 7) is 3.71. The molecule has 3 rings (SSSR count). The van der Waals surface area contributed by atoms with Crippen molar-refractivity contribution in [2.45, 2.75) is 18.4 Å². The molecule has 2 heterocycles. The first-order chi connectivity index (χ1) is 15.7. The molecule has 33 heavy (non-hydrogen) atoms. The molecule has 0 spiro atoms. The highest BCUT2D eigenvalue weighted by molar-refractivity contribution is 7.89. The fourth-order valence-corrected chi connectivity index (χ4v) is 4.65. The van der Waals surface area contributed by atoms with Crippen LogP contribution in [0.25, 0.3) is 0 Å². The topological polar surface area (TPSA) is 121 Å². The average Bonchev–Trinajstić information content (AvgIpc) is 2.80. The maximum Gasteiger partial charge on any atom is 0.243 e. The van der Waals surface area contributed by atoms with Gasteiger partial charge in [-0.25, -0.2) is 13.4 Å². The molecular weight excluding hydrogens is 446 g/mol. The van der Waals surface area contributed by atoms with Crippen molar-refractivity contribution in [1.29, 1.82) is 0 Å². The van der Waals surface area contributed by atoms with Gasteiger partial charge in [-0.3, -0.25) is 14.5 Å². The summed E-state index contributed by atoms with van der Waals surface area (Å²) < 4.78 is 31.9. The Balaban J connectivity index is 1.43. The van der Waals surface area contributed by atoms with Crippen LogP contribution in [0.3, 0.4) is 0 Å². The summed E-state index contributed by atoms with van der Waals surface area (Å²) in [5.41, 5.74) is 1.77. The first-order valence-corrected chi connectivity index (χ1v) is 12.0. The predicted octanol–water partition coefficient (Wildman–Crippen LogP) is 0.598. The van der Waals surface area contributed by atoms with E-state index in [2.05, 4.69) is 15.6 Å². The van der Waals surface area contributed by atoms with Gasteiger partial charge in [-0.15, -0.1) is 0 Å². The van der Waals surface area contributed by atoms with Crippen LogP contribution in [0.1, 0.15) is 11.1 Å². The summed E-state index contributed by atoms with van der Waals surface area (Å²) in [4.78, 5) is 30.3. The lowest BCUT2D eigenvalue weighted by Crippen LogP contribution is -2.40. The summed E-state index contributed by atoms with van der Waals surface area (Å²) in [5.74, 6) is -0.0509. The number of ether oxygens (including phenoxy) is 1. The number of rotatable bonds is 9. The molecule has 178 valence electrons. The lowest BCUT2D eigenvalue weighted by Gasteiger charge is -2.26. The number of amides is 2. The van der Waals surface area contributed by atoms with Gasteiger partial charge in [0.05, 0.1) is 31.2 Å². The second kappa shape index (κ2) is 11.3. The Labute approximate surface area is 194 Å². The molecule has 1 fully saturated rings. The van der Waals surface area contributed by atoms with Crippen molar-refractivity contribution in [2.75, 3.05) is 51.8 Å². The number of nitrogens with zero attached hydrogens (tertiary/aromatic N) is 3. The van der Waals surface area contributed by atoms with Crippen molar-refractivity contribution in [3.05, 3.63) is 53.7 Å². The van der Waals surface area contributed by atoms with Crippen LogP contribution in [0.5, 0.6) is 0 Å². The average molecular weight is 476 g/mol. The Kier molecular flexibility index (Phi) is 8.50. The van der Waals surface area contributed by atoms with Crippen molar-refractivity contribution in [3.8, 4) is 0 Å². The first kappa shape index (κ1) is 24.8. The molecule has 2 amide bonds. The van der Waals surface area contributed by atoms with Gasteiger partial charge in [-0.2, -0.15) is 4.31 Å². The first-order valence-electron chi connectivity index (χ1n) is 10.6. The molecule has 1 aliphatic rings. The highest BCUT2D eigenvalue weighted by Crippen LogP contribution is 2.17. The highest BCUT2D eigenvalue weighted by Gasteiger charge is 2.26. The predicted molar refractivity (Wildman–Crippen MR) is 123 cm³/mol. The fourth-order valence-electron chi connectivity index (χ4n) is 3.24. The highest BCUT2D eigenvalue weighted by atomic mass is 32.2. The molecule has 11 heteroatoms. The molecule has 2 aromatic rings. The van der Waals surface area contributed by atoms with Gasteiger partial charge in [0, 0.05) is 25.8 Å². The van der Waals surface area contributed by atoms with Gasteiger partial charge in [-0.1, -0.05) is 18.2 Å². The summed E-state index contributed by atoms with van der Waals surface area (Å²) in [7, 11) is -1.87. The van der Waals surface area contributed by atoms with E-state index in [1.807, 2.05) is 13.0 Å². The summed E-state index contributed by atoms with van der Waals surface area (Å²) in [6.07, 6.45) is 1.66. The van der Waals surface area contributed by atoms with Crippen LogP contribution in [0.15, 0.2) is 47.5 Å². The third-order valence-electron chi connectivity index (χ3n) is 5.03. The van der Waals surface area contributed by atoms with Crippen molar-refractivity contribution in [1.82, 2.24) is 19.5 Å². The largest absolute Gasteiger partial charge is 0.379 e. The molecule has 1 aromatic carbocycles. The number of morpholine rings is 1. The number of anilines is 1. The Bertz CT molecular complexity index is 1050. The van der Waals surface area contributed by atoms with Gasteiger partial charge in [0.1, 0.15) is 5.82 Å². The van der Waals surface area contributed by atoms with E-state index in [-0.39, 0.29) is 36.3 Å². The van der Waals surface area contributed by atoms with Crippen molar-refractivity contribution < 1.29 is 22.7 Å². The summed E-state index contributed by atoms with van der Waals surface area (Å²) in [5, 5.41) is 5.47. The number of aryl methyl sites for hydroxylation is 1. The third-order valence-corrected chi connectivity index (χ3v) is 6.94. The number of sulfonamides is 1. The van der Waals surface area contributed by atoms with E-state index in [1.54, 1.807) is 48.5 Å². The molecule has 0 bridgehead atoms. The molecule has 1 aromatic heterocycles. The van der Waals surface area contributed by atoms with Crippen LogP contribution >= 0.6 is 0 Å². The lowest BCUT2D eigenvalue weighted by atomic mass is 10.2. The molecule has 10 nitrogen and oxygen atoms in total. The zero-order valence-corrected chi connectivity index (χ0v) is 19.6. The molecule has 0 unspecified atom stereocenters. The van der Waals surface area contributed by atoms with E-state index in [9.17, 15) is 18.0 Å². The molecule has 1 saturated heterocycles. The van der Waals surface area contributed by atoms with E-state index >= 15 is 0 Å². The van der Waals surface area contributed by atoms with Gasteiger partial charge in [0.15, 0.2) is 0 Å². The van der Waals surface area contributed by atoms with Gasteiger partial charge < -0.3 is 15.4 Å². The van der Waals surface area contributed by atoms with Crippen molar-refractivity contribution in [3.63, 3.8) is 0 Å². The minimum absolute atomic E-state index is 0.0388. The maximum atomic E-state index is 12.7. The number of carbonyl (C=O) groups is 2. The van der Waals surface area contributed by atoms with Crippen LogP contribution in [-0.4, -0.2) is 80.9 Å². The SMILES string of the molecule is Cc1ccc(NC(=O)CN(C)CC(=O)NCc2ccc(S(=O)(=O)N3CCOCC3)cc2)nc1. The normalized spacial score (nSPS) is 14.8. The number of hydrogen-bond donors (Lipinski definition) is 2. The second-order valence-electron chi connectivity index (χ2n) is 7.88. The van der Waals surface area contributed by atoms with Crippen LogP contribution in [0.4, 0.5) is 5.82 Å². The molecule has 0 radical (unpaired) electrons. The number of benzene rings is 1. The quantitative estimate of drug-likeness (QED) is 0.545. The van der Waals surface area contributed by atoms with E-state index in [0.717, 1.165) is 11.1 Å². The van der Waals surface area contributed by atoms with Gasteiger partial charge >= 0.3 is 0 Å². The molecule has 0 aliphatic carbocycles. The Morgan fingerprint density at radius 3 is 2.36 bits per heavy atom. The molecule has 1 aliphatic heterocycles. The van der Waals surface area contributed by atoms with E-state index in [0.29, 0.717) is 32.1 Å². The Morgan fingerprint density at radius 2 is 1.73 bits per heavy atom. The Morgan fingerprint density at radius 1 is 1.06 bits per heavy atom. The molecular formula is C22H29N5O5S. The van der Waals surface area contributed by atoms with Crippen LogP contribution in [0, 0.1) is 6.92 Å². The monoisotopic (exact) mass is 475 g/mol. The van der Waals surface area contributed by atoms with Crippen molar-refractivity contribution >= 4 is 27.7 Å². The van der Waals surface area contributed by atoms with E-state index in [1.165, 1.54) is 4.31 Å². The summed E-state index contributed by atoms with van der Waals surface area (Å²) >= 11 is 0. The fraction of sp³-hybridized carbons (Fsp3) is 0.409. The number of pyridine rings is 1. The minimum atomic E-state index is -3.55. The number of carbonyl (C=O) groups excluding carboxylic acids is 2. The van der Waals surface area contributed by atoms with Crippen molar-refractivity contribution in [2.24, 2.45) is 0 Å². The number of hydrogen-bond acceptors (Lipinski definition) is 7. The maximum absolute atomic E-state index is 12.7. The zero-order chi connectivity index (χ0) is 23.8. The number of likely N-dealkylation sites (N-methyl/N-ethyl adjacent to an activating group) is 1. The van der Waals surface area contributed by atoms with Crippen LogP contribution < -0.4 is 10.6 Å². The molecule has 0 saturated carbocycles. The molecule has 0 atom stereocenters. The minimum Gasteiger partial charge on any atom is -0.379 e. The zero-order valence-electron chi connectivity index (χ0n) is 18.8. The number of aromatic nitrogens is 1. The standard InChI is InChI=1S/C22H29N5O5S/c1-17-3-8-20(23-13-17)25-22(29)16-26(2)15-21(28)24-14-18-4-6-19(7-5-18)33(30,31)27-9-11-32-12-10-27/h3-8,13H,9-12,14-16H2,1-2H3,(H,24,28)(H,23,25,29). The van der Waals surface area contributed by atoms with Gasteiger partial charge in [0.2, 0.25) is 21.8 Å².